The van der Waals surface area contributed by atoms with Crippen LogP contribution in [-0.2, 0) is 0 Å². The number of rotatable bonds is 3. The minimum Gasteiger partial charge on any atom is -0.486 e. The fraction of sp³-hybridized carbons (Fsp3) is 0.417. The van der Waals surface area contributed by atoms with E-state index < -0.39 is 0 Å². The molecule has 2 N–H and O–H groups in total. The Balaban J connectivity index is 2.47. The van der Waals surface area contributed by atoms with Crippen molar-refractivity contribution in [1.82, 2.24) is 0 Å². The number of ether oxygens (including phenoxy) is 2. The highest BCUT2D eigenvalue weighted by atomic mass is 35.5. The van der Waals surface area contributed by atoms with E-state index in [0.717, 1.165) is 5.56 Å². The van der Waals surface area contributed by atoms with Gasteiger partial charge in [-0.05, 0) is 25.1 Å². The Hall–Kier alpha value is -1.26. The maximum absolute atomic E-state index is 11.9. The average molecular weight is 256 g/mol. The Kier molecular flexibility index (Phi) is 3.54. The van der Waals surface area contributed by atoms with E-state index in [-0.39, 0.29) is 5.78 Å². The fourth-order valence-electron chi connectivity index (χ4n) is 1.79. The van der Waals surface area contributed by atoms with Gasteiger partial charge in [-0.2, -0.15) is 0 Å². The van der Waals surface area contributed by atoms with Crippen molar-refractivity contribution in [2.45, 2.75) is 13.3 Å². The van der Waals surface area contributed by atoms with Crippen LogP contribution in [0.4, 0.5) is 0 Å². The number of halogens is 1. The van der Waals surface area contributed by atoms with E-state index in [1.54, 1.807) is 13.0 Å². The predicted molar refractivity (Wildman–Crippen MR) is 65.2 cm³/mol. The van der Waals surface area contributed by atoms with Crippen LogP contribution in [-0.4, -0.2) is 25.5 Å². The van der Waals surface area contributed by atoms with Crippen LogP contribution in [0.2, 0.25) is 5.02 Å². The Morgan fingerprint density at radius 1 is 1.47 bits per heavy atom. The van der Waals surface area contributed by atoms with Crippen molar-refractivity contribution in [3.8, 4) is 11.5 Å². The summed E-state index contributed by atoms with van der Waals surface area (Å²) in [5, 5.41) is 0.447. The topological polar surface area (TPSA) is 61.6 Å². The number of hydrogen-bond donors (Lipinski definition) is 1. The summed E-state index contributed by atoms with van der Waals surface area (Å²) >= 11 is 6.17. The van der Waals surface area contributed by atoms with Crippen LogP contribution < -0.4 is 15.2 Å². The molecule has 0 saturated carbocycles. The van der Waals surface area contributed by atoms with Gasteiger partial charge in [0.1, 0.15) is 13.2 Å². The van der Waals surface area contributed by atoms with E-state index in [4.69, 9.17) is 26.8 Å². The van der Waals surface area contributed by atoms with Gasteiger partial charge in [0, 0.05) is 12.0 Å². The minimum atomic E-state index is -0.0242. The maximum Gasteiger partial charge on any atom is 0.180 e. The quantitative estimate of drug-likeness (QED) is 0.839. The zero-order valence-electron chi connectivity index (χ0n) is 9.59. The number of ketones is 1. The number of carbonyl (C=O) groups excluding carboxylic acids is 1. The summed E-state index contributed by atoms with van der Waals surface area (Å²) in [6.45, 7) is 3.06. The number of Topliss-reactive ketones (excluding diaryl/α,β-unsaturated/α-hetero) is 1. The van der Waals surface area contributed by atoms with Crippen LogP contribution in [0.3, 0.4) is 0 Å². The van der Waals surface area contributed by atoms with Gasteiger partial charge in [0.2, 0.25) is 0 Å². The van der Waals surface area contributed by atoms with Gasteiger partial charge >= 0.3 is 0 Å². The van der Waals surface area contributed by atoms with Gasteiger partial charge in [0.25, 0.3) is 0 Å². The van der Waals surface area contributed by atoms with Gasteiger partial charge in [-0.1, -0.05) is 11.6 Å². The highest BCUT2D eigenvalue weighted by Gasteiger charge is 2.22. The molecule has 1 heterocycles. The van der Waals surface area contributed by atoms with Gasteiger partial charge in [-0.25, -0.2) is 0 Å². The van der Waals surface area contributed by atoms with E-state index in [1.807, 2.05) is 0 Å². The van der Waals surface area contributed by atoms with E-state index in [9.17, 15) is 4.79 Å². The van der Waals surface area contributed by atoms with Crippen molar-refractivity contribution < 1.29 is 14.3 Å². The molecule has 4 nitrogen and oxygen atoms in total. The molecule has 0 aromatic heterocycles. The summed E-state index contributed by atoms with van der Waals surface area (Å²) in [4.78, 5) is 11.9. The Morgan fingerprint density at radius 2 is 2.18 bits per heavy atom. The van der Waals surface area contributed by atoms with Crippen molar-refractivity contribution in [1.29, 1.82) is 0 Å². The molecule has 0 saturated heterocycles. The number of benzene rings is 1. The molecule has 1 aromatic carbocycles. The highest BCUT2D eigenvalue weighted by molar-refractivity contribution is 6.33. The molecule has 92 valence electrons. The second-order valence-corrected chi connectivity index (χ2v) is 4.23. The van der Waals surface area contributed by atoms with Gasteiger partial charge in [-0.15, -0.1) is 0 Å². The van der Waals surface area contributed by atoms with Gasteiger partial charge < -0.3 is 15.2 Å². The van der Waals surface area contributed by atoms with Crippen LogP contribution in [0.1, 0.15) is 22.3 Å². The molecule has 0 fully saturated rings. The maximum atomic E-state index is 11.9. The fourth-order valence-corrected chi connectivity index (χ4v) is 2.04. The normalized spacial score (nSPS) is 13.6. The first-order valence-corrected chi connectivity index (χ1v) is 5.85. The van der Waals surface area contributed by atoms with E-state index in [1.165, 1.54) is 0 Å². The lowest BCUT2D eigenvalue weighted by Gasteiger charge is -2.21. The molecule has 0 bridgehead atoms. The van der Waals surface area contributed by atoms with Crippen LogP contribution in [0.25, 0.3) is 0 Å². The summed E-state index contributed by atoms with van der Waals surface area (Å²) in [5.74, 6) is 1.04. The van der Waals surface area contributed by atoms with Crippen LogP contribution in [0.5, 0.6) is 11.5 Å². The van der Waals surface area contributed by atoms with Crippen molar-refractivity contribution in [2.24, 2.45) is 5.73 Å². The molecule has 5 heteroatoms. The summed E-state index contributed by atoms with van der Waals surface area (Å²) in [6.07, 6.45) is 0.302. The van der Waals surface area contributed by atoms with Crippen LogP contribution in [0, 0.1) is 6.92 Å². The lowest BCUT2D eigenvalue weighted by Crippen LogP contribution is -2.17. The lowest BCUT2D eigenvalue weighted by molar-refractivity contribution is 0.0983. The molecule has 1 aliphatic rings. The molecular weight excluding hydrogens is 242 g/mol. The molecule has 17 heavy (non-hydrogen) atoms. The Bertz CT molecular complexity index is 460. The molecule has 0 spiro atoms. The third-order valence-electron chi connectivity index (χ3n) is 2.69. The lowest BCUT2D eigenvalue weighted by atomic mass is 10.0. The molecule has 1 aliphatic heterocycles. The number of carbonyl (C=O) groups is 1. The minimum absolute atomic E-state index is 0.0242. The molecule has 0 unspecified atom stereocenters. The molecule has 0 radical (unpaired) electrons. The van der Waals surface area contributed by atoms with Crippen molar-refractivity contribution in [2.75, 3.05) is 19.8 Å². The van der Waals surface area contributed by atoms with Crippen molar-refractivity contribution in [3.63, 3.8) is 0 Å². The predicted octanol–water partition coefficient (Wildman–Crippen LogP) is 1.95. The van der Waals surface area contributed by atoms with Gasteiger partial charge in [0.05, 0.1) is 5.02 Å². The average Bonchev–Trinajstić information content (AvgIpc) is 2.34. The van der Waals surface area contributed by atoms with Crippen LogP contribution in [0.15, 0.2) is 6.07 Å². The SMILES string of the molecule is Cc1c(C(=O)CCN)cc2c(c1Cl)OCCO2. The second-order valence-electron chi connectivity index (χ2n) is 3.85. The molecule has 0 atom stereocenters. The van der Waals surface area contributed by atoms with E-state index in [0.29, 0.717) is 48.3 Å². The summed E-state index contributed by atoms with van der Waals surface area (Å²) in [5.41, 5.74) is 6.66. The number of fused-ring (bicyclic) bond motifs is 1. The second kappa shape index (κ2) is 4.94. The number of hydrogen-bond acceptors (Lipinski definition) is 4. The monoisotopic (exact) mass is 255 g/mol. The largest absolute Gasteiger partial charge is 0.486 e. The third-order valence-corrected chi connectivity index (χ3v) is 3.15. The van der Waals surface area contributed by atoms with Crippen molar-refractivity contribution in [3.05, 3.63) is 22.2 Å². The molecular formula is C12H14ClNO3. The highest BCUT2D eigenvalue weighted by Crippen LogP contribution is 2.41. The van der Waals surface area contributed by atoms with Crippen molar-refractivity contribution >= 4 is 17.4 Å². The first-order chi connectivity index (χ1) is 8.15. The summed E-state index contributed by atoms with van der Waals surface area (Å²) < 4.78 is 10.9. The standard InChI is InChI=1S/C12H14ClNO3/c1-7-8(9(15)2-3-14)6-10-12(11(7)13)17-5-4-16-10/h6H,2-5,14H2,1H3. The first kappa shape index (κ1) is 12.2. The Morgan fingerprint density at radius 3 is 2.88 bits per heavy atom. The molecule has 0 amide bonds. The molecule has 2 rings (SSSR count). The van der Waals surface area contributed by atoms with Crippen LogP contribution >= 0.6 is 11.6 Å². The summed E-state index contributed by atoms with van der Waals surface area (Å²) in [7, 11) is 0. The van der Waals surface area contributed by atoms with Gasteiger partial charge in [-0.3, -0.25) is 4.79 Å². The smallest absolute Gasteiger partial charge is 0.180 e. The van der Waals surface area contributed by atoms with E-state index >= 15 is 0 Å². The Labute approximate surface area is 105 Å². The van der Waals surface area contributed by atoms with E-state index in [2.05, 4.69) is 0 Å². The molecule has 0 aliphatic carbocycles. The third kappa shape index (κ3) is 2.23. The first-order valence-electron chi connectivity index (χ1n) is 5.47. The molecule has 1 aromatic rings. The van der Waals surface area contributed by atoms with Gasteiger partial charge in [0.15, 0.2) is 17.3 Å². The summed E-state index contributed by atoms with van der Waals surface area (Å²) in [6, 6.07) is 1.69. The zero-order chi connectivity index (χ0) is 12.4. The number of nitrogens with two attached hydrogens (primary N) is 1. The zero-order valence-corrected chi connectivity index (χ0v) is 10.3.